The molecule has 1 heterocycles. The lowest BCUT2D eigenvalue weighted by molar-refractivity contribution is 0.0952. The molecule has 0 radical (unpaired) electrons. The lowest BCUT2D eigenvalue weighted by Crippen LogP contribution is -2.31. The fraction of sp³-hybridized carbons (Fsp3) is 0.231. The molecule has 164 valence electrons. The van der Waals surface area contributed by atoms with Gasteiger partial charge in [-0.25, -0.2) is 4.98 Å². The Morgan fingerprint density at radius 3 is 2.47 bits per heavy atom. The number of nitrogen functional groups attached to an aromatic ring is 1. The van der Waals surface area contributed by atoms with Crippen LogP contribution in [0, 0.1) is 13.8 Å². The van der Waals surface area contributed by atoms with Crippen molar-refractivity contribution in [2.45, 2.75) is 13.8 Å². The molecule has 0 saturated carbocycles. The van der Waals surface area contributed by atoms with Gasteiger partial charge in [-0.3, -0.25) is 4.79 Å². The van der Waals surface area contributed by atoms with Crippen LogP contribution in [0.1, 0.15) is 21.5 Å². The van der Waals surface area contributed by atoms with Gasteiger partial charge in [0, 0.05) is 23.9 Å². The van der Waals surface area contributed by atoms with Crippen molar-refractivity contribution in [3.63, 3.8) is 0 Å². The molecule has 0 fully saturated rings. The predicted octanol–water partition coefficient (Wildman–Crippen LogP) is 4.62. The summed E-state index contributed by atoms with van der Waals surface area (Å²) >= 11 is 0. The Bertz CT molecular complexity index is 1310. The first-order valence-electron chi connectivity index (χ1n) is 10.7. The number of carbonyl (C=O) groups excluding carboxylic acids is 1. The molecule has 4 rings (SSSR count). The van der Waals surface area contributed by atoms with E-state index >= 15 is 0 Å². The first-order chi connectivity index (χ1) is 15.3. The van der Waals surface area contributed by atoms with Crippen molar-refractivity contribution in [3.05, 3.63) is 71.3 Å². The Morgan fingerprint density at radius 2 is 1.72 bits per heavy atom. The van der Waals surface area contributed by atoms with E-state index in [9.17, 15) is 4.79 Å². The van der Waals surface area contributed by atoms with Gasteiger partial charge in [0.05, 0.1) is 33.7 Å². The Kier molecular flexibility index (Phi) is 5.97. The van der Waals surface area contributed by atoms with E-state index in [2.05, 4.69) is 10.6 Å². The fourth-order valence-corrected chi connectivity index (χ4v) is 3.85. The van der Waals surface area contributed by atoms with Crippen LogP contribution in [0.15, 0.2) is 54.6 Å². The Hall–Kier alpha value is -3.64. The van der Waals surface area contributed by atoms with Gasteiger partial charge in [0.25, 0.3) is 5.91 Å². The van der Waals surface area contributed by atoms with Gasteiger partial charge >= 0.3 is 0 Å². The number of fused-ring (bicyclic) bond motifs is 2. The van der Waals surface area contributed by atoms with Crippen molar-refractivity contribution in [1.29, 1.82) is 0 Å². The number of aromatic nitrogens is 1. The minimum absolute atomic E-state index is 0.126. The summed E-state index contributed by atoms with van der Waals surface area (Å²) in [6, 6.07) is 17.7. The van der Waals surface area contributed by atoms with E-state index < -0.39 is 0 Å². The van der Waals surface area contributed by atoms with Gasteiger partial charge in [0.1, 0.15) is 0 Å². The van der Waals surface area contributed by atoms with Crippen molar-refractivity contribution in [1.82, 2.24) is 15.2 Å². The van der Waals surface area contributed by atoms with Gasteiger partial charge in [0.15, 0.2) is 0 Å². The molecule has 0 unspecified atom stereocenters. The molecule has 0 aliphatic rings. The molecule has 4 N–H and O–H groups in total. The maximum Gasteiger partial charge on any atom is 0.253 e. The van der Waals surface area contributed by atoms with Gasteiger partial charge in [-0.05, 0) is 57.3 Å². The Balaban J connectivity index is 1.90. The molecule has 0 bridgehead atoms. The van der Waals surface area contributed by atoms with E-state index in [1.54, 1.807) is 0 Å². The van der Waals surface area contributed by atoms with Crippen molar-refractivity contribution in [3.8, 4) is 0 Å². The van der Waals surface area contributed by atoms with Crippen molar-refractivity contribution in [2.75, 3.05) is 38.2 Å². The summed E-state index contributed by atoms with van der Waals surface area (Å²) in [5.41, 5.74) is 12.9. The number of para-hydroxylation sites is 2. The van der Waals surface area contributed by atoms with Crippen LogP contribution in [-0.4, -0.2) is 43.0 Å². The largest absolute Gasteiger partial charge is 0.397 e. The Morgan fingerprint density at radius 1 is 1.00 bits per heavy atom. The maximum absolute atomic E-state index is 13.0. The normalized spacial score (nSPS) is 11.3. The van der Waals surface area contributed by atoms with Gasteiger partial charge in [-0.1, -0.05) is 36.4 Å². The molecule has 1 aromatic heterocycles. The molecule has 0 saturated heterocycles. The number of nitrogens with one attached hydrogen (secondary N) is 2. The summed E-state index contributed by atoms with van der Waals surface area (Å²) in [5, 5.41) is 8.43. The third-order valence-corrected chi connectivity index (χ3v) is 5.59. The minimum atomic E-state index is -0.126. The summed E-state index contributed by atoms with van der Waals surface area (Å²) in [5.74, 6) is -0.126. The second-order valence-corrected chi connectivity index (χ2v) is 8.43. The number of carbonyl (C=O) groups is 1. The standard InChI is InChI=1S/C26H29N5O/c1-16-11-12-21(27)22(15-16)29-24-18-8-5-7-17(2)23(18)30-25-19(24)9-6-10-20(25)26(32)28-13-14-31(3)4/h5-12,15H,13-14,27H2,1-4H3,(H,28,32)(H,29,30). The summed E-state index contributed by atoms with van der Waals surface area (Å²) in [6.07, 6.45) is 0. The second-order valence-electron chi connectivity index (χ2n) is 8.43. The molecule has 3 aromatic carbocycles. The lowest BCUT2D eigenvalue weighted by Gasteiger charge is -2.17. The number of benzene rings is 3. The molecule has 6 nitrogen and oxygen atoms in total. The smallest absolute Gasteiger partial charge is 0.253 e. The second kappa shape index (κ2) is 8.85. The number of hydrogen-bond donors (Lipinski definition) is 3. The van der Waals surface area contributed by atoms with Gasteiger partial charge in [-0.2, -0.15) is 0 Å². The summed E-state index contributed by atoms with van der Waals surface area (Å²) < 4.78 is 0. The van der Waals surface area contributed by atoms with Crippen LogP contribution in [0.4, 0.5) is 17.1 Å². The van der Waals surface area contributed by atoms with Crippen molar-refractivity contribution < 1.29 is 4.79 Å². The van der Waals surface area contributed by atoms with Crippen molar-refractivity contribution in [2.24, 2.45) is 0 Å². The van der Waals surface area contributed by atoms with Crippen LogP contribution in [0.25, 0.3) is 21.8 Å². The third kappa shape index (κ3) is 4.22. The number of aryl methyl sites for hydroxylation is 2. The van der Waals surface area contributed by atoms with Crippen LogP contribution < -0.4 is 16.4 Å². The third-order valence-electron chi connectivity index (χ3n) is 5.59. The van der Waals surface area contributed by atoms with E-state index in [0.29, 0.717) is 23.3 Å². The molecule has 6 heteroatoms. The minimum Gasteiger partial charge on any atom is -0.397 e. The lowest BCUT2D eigenvalue weighted by atomic mass is 10.0. The topological polar surface area (TPSA) is 83.3 Å². The molecule has 0 aliphatic carbocycles. The van der Waals surface area contributed by atoms with E-state index in [1.807, 2.05) is 87.4 Å². The molecular weight excluding hydrogens is 398 g/mol. The quantitative estimate of drug-likeness (QED) is 0.309. The van der Waals surface area contributed by atoms with E-state index in [0.717, 1.165) is 45.3 Å². The van der Waals surface area contributed by atoms with Gasteiger partial charge in [-0.15, -0.1) is 0 Å². The molecular formula is C26H29N5O. The zero-order valence-corrected chi connectivity index (χ0v) is 19.0. The summed E-state index contributed by atoms with van der Waals surface area (Å²) in [4.78, 5) is 20.0. The number of rotatable bonds is 6. The molecule has 0 atom stereocenters. The van der Waals surface area contributed by atoms with E-state index in [4.69, 9.17) is 10.7 Å². The molecule has 0 aliphatic heterocycles. The van der Waals surface area contributed by atoms with Crippen molar-refractivity contribution >= 4 is 44.8 Å². The Labute approximate surface area is 188 Å². The van der Waals surface area contributed by atoms with Gasteiger partial charge in [0.2, 0.25) is 0 Å². The highest BCUT2D eigenvalue weighted by Gasteiger charge is 2.17. The van der Waals surface area contributed by atoms with Crippen LogP contribution in [-0.2, 0) is 0 Å². The monoisotopic (exact) mass is 427 g/mol. The number of likely N-dealkylation sites (N-methyl/N-ethyl adjacent to an activating group) is 1. The zero-order chi connectivity index (χ0) is 22.8. The fourth-order valence-electron chi connectivity index (χ4n) is 3.85. The number of hydrogen-bond acceptors (Lipinski definition) is 5. The SMILES string of the molecule is Cc1ccc(N)c(Nc2c3cccc(C)c3nc3c(C(=O)NCCN(C)C)cccc23)c1. The molecule has 4 aromatic rings. The van der Waals surface area contributed by atoms with Gasteiger partial charge < -0.3 is 21.3 Å². The highest BCUT2D eigenvalue weighted by Crippen LogP contribution is 2.36. The van der Waals surface area contributed by atoms with E-state index in [-0.39, 0.29) is 5.91 Å². The highest BCUT2D eigenvalue weighted by molar-refractivity contribution is 6.15. The molecule has 32 heavy (non-hydrogen) atoms. The molecule has 0 spiro atoms. The number of nitrogens with two attached hydrogens (primary N) is 1. The number of pyridine rings is 1. The van der Waals surface area contributed by atoms with Crippen LogP contribution in [0.5, 0.6) is 0 Å². The number of nitrogens with zero attached hydrogens (tertiary/aromatic N) is 2. The summed E-state index contributed by atoms with van der Waals surface area (Å²) in [6.45, 7) is 5.41. The average Bonchev–Trinajstić information content (AvgIpc) is 2.76. The van der Waals surface area contributed by atoms with Crippen LogP contribution in [0.2, 0.25) is 0 Å². The summed E-state index contributed by atoms with van der Waals surface area (Å²) in [7, 11) is 3.96. The zero-order valence-electron chi connectivity index (χ0n) is 19.0. The van der Waals surface area contributed by atoms with E-state index in [1.165, 1.54) is 0 Å². The number of anilines is 3. The van der Waals surface area contributed by atoms with Crippen LogP contribution in [0.3, 0.4) is 0 Å². The number of amides is 1. The first kappa shape index (κ1) is 21.6. The molecule has 1 amide bonds. The first-order valence-corrected chi connectivity index (χ1v) is 10.7. The predicted molar refractivity (Wildman–Crippen MR) is 134 cm³/mol. The maximum atomic E-state index is 13.0. The highest BCUT2D eigenvalue weighted by atomic mass is 16.1. The average molecular weight is 428 g/mol. The van der Waals surface area contributed by atoms with Crippen LogP contribution >= 0.6 is 0 Å².